The second-order valence-corrected chi connectivity index (χ2v) is 4.65. The Balaban J connectivity index is 1.90. The zero-order valence-corrected chi connectivity index (χ0v) is 10.7. The highest BCUT2D eigenvalue weighted by Gasteiger charge is 2.05. The molecule has 0 fully saturated rings. The third kappa shape index (κ3) is 3.53. The SMILES string of the molecule is CCCc1nnc(NC(=O)/C=C\c2ccco2)s1. The zero-order valence-electron chi connectivity index (χ0n) is 9.92. The first-order chi connectivity index (χ1) is 8.78. The molecule has 2 aromatic rings. The van der Waals surface area contributed by atoms with E-state index in [1.165, 1.54) is 17.4 Å². The Bertz CT molecular complexity index is 531. The molecule has 0 aliphatic rings. The lowest BCUT2D eigenvalue weighted by Crippen LogP contribution is -2.07. The number of nitrogens with zero attached hydrogens (tertiary/aromatic N) is 2. The molecule has 0 aliphatic carbocycles. The lowest BCUT2D eigenvalue weighted by molar-refractivity contribution is -0.111. The van der Waals surface area contributed by atoms with Crippen LogP contribution in [0.15, 0.2) is 28.9 Å². The van der Waals surface area contributed by atoms with Gasteiger partial charge in [0.15, 0.2) is 0 Å². The van der Waals surface area contributed by atoms with Gasteiger partial charge < -0.3 is 4.42 Å². The van der Waals surface area contributed by atoms with Crippen molar-refractivity contribution in [1.29, 1.82) is 0 Å². The number of hydrogen-bond acceptors (Lipinski definition) is 5. The highest BCUT2D eigenvalue weighted by molar-refractivity contribution is 7.15. The number of aryl methyl sites for hydroxylation is 1. The largest absolute Gasteiger partial charge is 0.465 e. The molecule has 0 aliphatic heterocycles. The summed E-state index contributed by atoms with van der Waals surface area (Å²) < 4.78 is 5.08. The van der Waals surface area contributed by atoms with Gasteiger partial charge in [-0.2, -0.15) is 0 Å². The third-order valence-electron chi connectivity index (χ3n) is 2.10. The number of nitrogens with one attached hydrogen (secondary N) is 1. The Hall–Kier alpha value is -1.95. The van der Waals surface area contributed by atoms with E-state index in [1.54, 1.807) is 24.5 Å². The van der Waals surface area contributed by atoms with Crippen LogP contribution in [0, 0.1) is 0 Å². The summed E-state index contributed by atoms with van der Waals surface area (Å²) in [5, 5.41) is 12.0. The summed E-state index contributed by atoms with van der Waals surface area (Å²) in [5.41, 5.74) is 0. The van der Waals surface area contributed by atoms with E-state index in [1.807, 2.05) is 0 Å². The van der Waals surface area contributed by atoms with Crippen LogP contribution in [0.1, 0.15) is 24.1 Å². The molecule has 0 spiro atoms. The highest BCUT2D eigenvalue weighted by Crippen LogP contribution is 2.16. The minimum atomic E-state index is -0.245. The van der Waals surface area contributed by atoms with Crippen LogP contribution in [0.4, 0.5) is 5.13 Å². The molecule has 0 aromatic carbocycles. The molecule has 18 heavy (non-hydrogen) atoms. The quantitative estimate of drug-likeness (QED) is 0.842. The van der Waals surface area contributed by atoms with Crippen LogP contribution in [0.5, 0.6) is 0 Å². The fraction of sp³-hybridized carbons (Fsp3) is 0.250. The van der Waals surface area contributed by atoms with Crippen LogP contribution in [-0.2, 0) is 11.2 Å². The van der Waals surface area contributed by atoms with Gasteiger partial charge in [0.1, 0.15) is 10.8 Å². The number of rotatable bonds is 5. The maximum atomic E-state index is 11.6. The van der Waals surface area contributed by atoms with E-state index in [-0.39, 0.29) is 5.91 Å². The van der Waals surface area contributed by atoms with E-state index < -0.39 is 0 Å². The van der Waals surface area contributed by atoms with Crippen molar-refractivity contribution in [2.75, 3.05) is 5.32 Å². The second kappa shape index (κ2) is 6.11. The molecule has 0 bridgehead atoms. The van der Waals surface area contributed by atoms with Crippen molar-refractivity contribution in [2.24, 2.45) is 0 Å². The van der Waals surface area contributed by atoms with Gasteiger partial charge in [-0.05, 0) is 24.6 Å². The maximum Gasteiger partial charge on any atom is 0.250 e. The number of aromatic nitrogens is 2. The third-order valence-corrected chi connectivity index (χ3v) is 3.00. The first-order valence-corrected chi connectivity index (χ1v) is 6.44. The van der Waals surface area contributed by atoms with Gasteiger partial charge in [-0.25, -0.2) is 0 Å². The van der Waals surface area contributed by atoms with Gasteiger partial charge >= 0.3 is 0 Å². The molecule has 6 heteroatoms. The average Bonchev–Trinajstić information content (AvgIpc) is 2.99. The predicted molar refractivity (Wildman–Crippen MR) is 70.3 cm³/mol. The molecule has 0 unspecified atom stereocenters. The molecule has 94 valence electrons. The molecule has 2 aromatic heterocycles. The van der Waals surface area contributed by atoms with Crippen LogP contribution in [0.25, 0.3) is 6.08 Å². The minimum absolute atomic E-state index is 0.245. The minimum Gasteiger partial charge on any atom is -0.465 e. The molecular formula is C12H13N3O2S. The van der Waals surface area contributed by atoms with Gasteiger partial charge in [0.25, 0.3) is 0 Å². The Morgan fingerprint density at radius 1 is 1.56 bits per heavy atom. The van der Waals surface area contributed by atoms with Crippen LogP contribution >= 0.6 is 11.3 Å². The lowest BCUT2D eigenvalue weighted by Gasteiger charge is -1.93. The summed E-state index contributed by atoms with van der Waals surface area (Å²) in [7, 11) is 0. The van der Waals surface area contributed by atoms with Crippen molar-refractivity contribution in [1.82, 2.24) is 10.2 Å². The maximum absolute atomic E-state index is 11.6. The monoisotopic (exact) mass is 263 g/mol. The van der Waals surface area contributed by atoms with E-state index in [0.29, 0.717) is 10.9 Å². The second-order valence-electron chi connectivity index (χ2n) is 3.59. The summed E-state index contributed by atoms with van der Waals surface area (Å²) in [6.07, 6.45) is 6.46. The van der Waals surface area contributed by atoms with E-state index in [0.717, 1.165) is 17.8 Å². The van der Waals surface area contributed by atoms with E-state index >= 15 is 0 Å². The van der Waals surface area contributed by atoms with Gasteiger partial charge in [0, 0.05) is 12.5 Å². The van der Waals surface area contributed by atoms with Gasteiger partial charge in [-0.15, -0.1) is 10.2 Å². The summed E-state index contributed by atoms with van der Waals surface area (Å²) in [5.74, 6) is 0.389. The van der Waals surface area contributed by atoms with Crippen LogP contribution in [-0.4, -0.2) is 16.1 Å². The molecule has 2 rings (SSSR count). The van der Waals surface area contributed by atoms with Crippen molar-refractivity contribution in [2.45, 2.75) is 19.8 Å². The van der Waals surface area contributed by atoms with Crippen molar-refractivity contribution in [3.63, 3.8) is 0 Å². The number of carbonyl (C=O) groups is 1. The number of carbonyl (C=O) groups excluding carboxylic acids is 1. The van der Waals surface area contributed by atoms with Crippen LogP contribution < -0.4 is 5.32 Å². The normalized spacial score (nSPS) is 10.9. The first-order valence-electron chi connectivity index (χ1n) is 5.63. The van der Waals surface area contributed by atoms with Crippen LogP contribution in [0.3, 0.4) is 0 Å². The molecule has 0 saturated carbocycles. The smallest absolute Gasteiger partial charge is 0.250 e. The average molecular weight is 263 g/mol. The first kappa shape index (κ1) is 12.5. The molecule has 0 radical (unpaired) electrons. The molecule has 0 atom stereocenters. The Labute approximate surface area is 109 Å². The molecule has 2 heterocycles. The summed E-state index contributed by atoms with van der Waals surface area (Å²) in [6, 6.07) is 3.54. The molecule has 0 saturated heterocycles. The highest BCUT2D eigenvalue weighted by atomic mass is 32.1. The number of hydrogen-bond donors (Lipinski definition) is 1. The van der Waals surface area contributed by atoms with Gasteiger partial charge in [0.2, 0.25) is 11.0 Å². The Kier molecular flexibility index (Phi) is 4.25. The van der Waals surface area contributed by atoms with E-state index in [4.69, 9.17) is 4.42 Å². The number of anilines is 1. The lowest BCUT2D eigenvalue weighted by atomic mass is 10.4. The standard InChI is InChI=1S/C12H13N3O2S/c1-2-4-11-14-15-12(18-11)13-10(16)7-6-9-5-3-8-17-9/h3,5-8H,2,4H2,1H3,(H,13,15,16)/b7-6-. The Morgan fingerprint density at radius 3 is 3.17 bits per heavy atom. The van der Waals surface area contributed by atoms with E-state index in [9.17, 15) is 4.79 Å². The summed E-state index contributed by atoms with van der Waals surface area (Å²) >= 11 is 1.40. The Morgan fingerprint density at radius 2 is 2.44 bits per heavy atom. The fourth-order valence-corrected chi connectivity index (χ4v) is 2.15. The van der Waals surface area contributed by atoms with E-state index in [2.05, 4.69) is 22.4 Å². The van der Waals surface area contributed by atoms with Crippen molar-refractivity contribution in [3.8, 4) is 0 Å². The van der Waals surface area contributed by atoms with Crippen molar-refractivity contribution < 1.29 is 9.21 Å². The number of furan rings is 1. The van der Waals surface area contributed by atoms with Crippen LogP contribution in [0.2, 0.25) is 0 Å². The topological polar surface area (TPSA) is 68.0 Å². The summed E-state index contributed by atoms with van der Waals surface area (Å²) in [6.45, 7) is 2.08. The molecular weight excluding hydrogens is 250 g/mol. The predicted octanol–water partition coefficient (Wildman–Crippen LogP) is 2.74. The number of amides is 1. The van der Waals surface area contributed by atoms with Gasteiger partial charge in [-0.1, -0.05) is 18.3 Å². The molecule has 1 amide bonds. The van der Waals surface area contributed by atoms with Gasteiger partial charge in [-0.3, -0.25) is 10.1 Å². The summed E-state index contributed by atoms with van der Waals surface area (Å²) in [4.78, 5) is 11.6. The van der Waals surface area contributed by atoms with Crippen molar-refractivity contribution >= 4 is 28.5 Å². The molecule has 1 N–H and O–H groups in total. The zero-order chi connectivity index (χ0) is 12.8. The van der Waals surface area contributed by atoms with Gasteiger partial charge in [0.05, 0.1) is 6.26 Å². The van der Waals surface area contributed by atoms with Crippen molar-refractivity contribution in [3.05, 3.63) is 35.2 Å². The fourth-order valence-electron chi connectivity index (χ4n) is 1.31. The molecule has 5 nitrogen and oxygen atoms in total.